The number of carboxylic acid groups (broad SMARTS) is 1. The minimum absolute atomic E-state index is 0. The Kier molecular flexibility index (Phi) is 24.8. The summed E-state index contributed by atoms with van der Waals surface area (Å²) in [7, 11) is 0. The van der Waals surface area contributed by atoms with Crippen molar-refractivity contribution >= 4 is 5.97 Å². The van der Waals surface area contributed by atoms with E-state index in [9.17, 15) is 4.79 Å². The Bertz CT molecular complexity index is 245. The fourth-order valence-electron chi connectivity index (χ4n) is 2.35. The Morgan fingerprint density at radius 1 is 0.810 bits per heavy atom. The van der Waals surface area contributed by atoms with Crippen LogP contribution in [0.25, 0.3) is 0 Å². The van der Waals surface area contributed by atoms with Gasteiger partial charge in [-0.1, -0.05) is 70.4 Å². The average Bonchev–Trinajstić information content (AvgIpc) is 2.43. The summed E-state index contributed by atoms with van der Waals surface area (Å²) in [4.78, 5) is 10.3. The van der Waals surface area contributed by atoms with E-state index in [1.165, 1.54) is 70.6 Å². The van der Waals surface area contributed by atoms with Crippen LogP contribution in [0.4, 0.5) is 0 Å². The van der Waals surface area contributed by atoms with Crippen molar-refractivity contribution in [2.45, 2.75) is 96.8 Å². The number of hydrogen-bond acceptors (Lipinski definition) is 1. The predicted molar refractivity (Wildman–Crippen MR) is 88.2 cm³/mol. The van der Waals surface area contributed by atoms with Crippen LogP contribution in [0.1, 0.15) is 98.2 Å². The summed E-state index contributed by atoms with van der Waals surface area (Å²) in [6.45, 7) is 2.26. The molecule has 0 heterocycles. The number of aliphatic carboxylic acids is 1. The molecule has 0 aromatic rings. The molecular formula is C18H35CsO2. The first-order valence-electron chi connectivity index (χ1n) is 8.64. The molecule has 0 radical (unpaired) electrons. The molecule has 1 N–H and O–H groups in total. The monoisotopic (exact) mass is 416 g/mol. The van der Waals surface area contributed by atoms with E-state index >= 15 is 0 Å². The Labute approximate surface area is 192 Å². The Hall–Kier alpha value is 1.26. The van der Waals surface area contributed by atoms with Crippen LogP contribution in [0.2, 0.25) is 0 Å². The zero-order valence-electron chi connectivity index (χ0n) is 15.4. The molecule has 0 saturated heterocycles. The van der Waals surface area contributed by atoms with Gasteiger partial charge in [0.15, 0.2) is 0 Å². The van der Waals surface area contributed by atoms with Gasteiger partial charge in [0.05, 0.1) is 0 Å². The van der Waals surface area contributed by atoms with E-state index in [1.807, 2.05) is 0 Å². The molecule has 0 aliphatic carbocycles. The van der Waals surface area contributed by atoms with Crippen molar-refractivity contribution in [3.8, 4) is 0 Å². The van der Waals surface area contributed by atoms with Gasteiger partial charge in [-0.05, 0) is 32.1 Å². The summed E-state index contributed by atoms with van der Waals surface area (Å²) >= 11 is 0. The van der Waals surface area contributed by atoms with Gasteiger partial charge in [-0.25, -0.2) is 0 Å². The molecule has 2 nitrogen and oxygen atoms in total. The molecule has 120 valence electrons. The zero-order chi connectivity index (χ0) is 14.9. The van der Waals surface area contributed by atoms with Gasteiger partial charge in [0.1, 0.15) is 0 Å². The maximum atomic E-state index is 10.3. The second-order valence-corrected chi connectivity index (χ2v) is 5.73. The molecule has 0 aliphatic rings. The molecule has 0 unspecified atom stereocenters. The smallest absolute Gasteiger partial charge is 1.00 e. The second-order valence-electron chi connectivity index (χ2n) is 5.73. The standard InChI is InChI=1S/C18H34O2.Cs.H/c1-2-3-4-5-6-7-8-9-10-11-12-13-14-15-16-17-18(19)20;;/h9-10H,2-8,11-17H2,1H3,(H,19,20);;/q;+1;-1/b10-9-;;. The van der Waals surface area contributed by atoms with Gasteiger partial charge in [0.25, 0.3) is 0 Å². The normalized spacial score (nSPS) is 10.7. The van der Waals surface area contributed by atoms with E-state index in [4.69, 9.17) is 5.11 Å². The van der Waals surface area contributed by atoms with Crippen molar-refractivity contribution in [3.05, 3.63) is 12.2 Å². The summed E-state index contributed by atoms with van der Waals surface area (Å²) in [5.41, 5.74) is 0. The van der Waals surface area contributed by atoms with Crippen LogP contribution in [0, 0.1) is 0 Å². The molecule has 3 heteroatoms. The van der Waals surface area contributed by atoms with Crippen LogP contribution < -0.4 is 68.9 Å². The van der Waals surface area contributed by atoms with Gasteiger partial charge in [0, 0.05) is 6.42 Å². The first kappa shape index (κ1) is 24.5. The van der Waals surface area contributed by atoms with E-state index < -0.39 is 5.97 Å². The third-order valence-electron chi connectivity index (χ3n) is 3.65. The molecule has 0 spiro atoms. The third-order valence-corrected chi connectivity index (χ3v) is 3.65. The van der Waals surface area contributed by atoms with Crippen LogP contribution in [0.5, 0.6) is 0 Å². The number of unbranched alkanes of at least 4 members (excludes halogenated alkanes) is 11. The van der Waals surface area contributed by atoms with Gasteiger partial charge >= 0.3 is 74.9 Å². The molecule has 0 rings (SSSR count). The molecule has 0 aliphatic heterocycles. The summed E-state index contributed by atoms with van der Waals surface area (Å²) in [5, 5.41) is 8.51. The predicted octanol–water partition coefficient (Wildman–Crippen LogP) is 3.23. The minimum Gasteiger partial charge on any atom is -1.00 e. The Morgan fingerprint density at radius 3 is 1.71 bits per heavy atom. The van der Waals surface area contributed by atoms with E-state index in [1.54, 1.807) is 0 Å². The number of allylic oxidation sites excluding steroid dienone is 2. The number of carbonyl (C=O) groups is 1. The van der Waals surface area contributed by atoms with Crippen molar-refractivity contribution in [3.63, 3.8) is 0 Å². The van der Waals surface area contributed by atoms with Crippen LogP contribution in [0.3, 0.4) is 0 Å². The molecule has 0 aromatic heterocycles. The third kappa shape index (κ3) is 23.7. The SMILES string of the molecule is CCCCCCCC/C=C\CCCCCCCC(=O)O.[Cs+].[H-]. The van der Waals surface area contributed by atoms with Crippen LogP contribution >= 0.6 is 0 Å². The fraction of sp³-hybridized carbons (Fsp3) is 0.833. The number of rotatable bonds is 15. The van der Waals surface area contributed by atoms with Gasteiger partial charge in [-0.15, -0.1) is 0 Å². The Balaban J connectivity index is -0.00000180. The quantitative estimate of drug-likeness (QED) is 0.329. The first-order chi connectivity index (χ1) is 9.77. The molecular weight excluding hydrogens is 381 g/mol. The second kappa shape index (κ2) is 21.3. The summed E-state index contributed by atoms with van der Waals surface area (Å²) in [6, 6.07) is 0. The van der Waals surface area contributed by atoms with Crippen molar-refractivity contribution in [2.75, 3.05) is 0 Å². The molecule has 0 aromatic carbocycles. The van der Waals surface area contributed by atoms with Crippen LogP contribution in [0.15, 0.2) is 12.2 Å². The van der Waals surface area contributed by atoms with Crippen molar-refractivity contribution in [1.82, 2.24) is 0 Å². The first-order valence-corrected chi connectivity index (χ1v) is 8.64. The van der Waals surface area contributed by atoms with Gasteiger partial charge in [-0.3, -0.25) is 4.79 Å². The van der Waals surface area contributed by atoms with Crippen molar-refractivity contribution in [2.24, 2.45) is 0 Å². The van der Waals surface area contributed by atoms with E-state index in [0.717, 1.165) is 12.8 Å². The van der Waals surface area contributed by atoms with E-state index in [0.29, 0.717) is 6.42 Å². The average molecular weight is 416 g/mol. The van der Waals surface area contributed by atoms with E-state index in [2.05, 4.69) is 19.1 Å². The minimum atomic E-state index is -0.664. The van der Waals surface area contributed by atoms with Crippen molar-refractivity contribution in [1.29, 1.82) is 0 Å². The van der Waals surface area contributed by atoms with Crippen molar-refractivity contribution < 1.29 is 80.2 Å². The zero-order valence-corrected chi connectivity index (χ0v) is 20.7. The molecule has 0 fully saturated rings. The molecule has 0 amide bonds. The maximum Gasteiger partial charge on any atom is 1.00 e. The van der Waals surface area contributed by atoms with Crippen LogP contribution in [-0.2, 0) is 4.79 Å². The molecule has 0 bridgehead atoms. The fourth-order valence-corrected chi connectivity index (χ4v) is 2.35. The topological polar surface area (TPSA) is 37.3 Å². The van der Waals surface area contributed by atoms with Gasteiger partial charge < -0.3 is 6.53 Å². The molecule has 0 atom stereocenters. The summed E-state index contributed by atoms with van der Waals surface area (Å²) < 4.78 is 0. The number of carboxylic acids is 1. The largest absolute Gasteiger partial charge is 1.00 e. The van der Waals surface area contributed by atoms with Gasteiger partial charge in [-0.2, -0.15) is 0 Å². The van der Waals surface area contributed by atoms with Crippen LogP contribution in [-0.4, -0.2) is 11.1 Å². The molecule has 21 heavy (non-hydrogen) atoms. The molecule has 0 saturated carbocycles. The maximum absolute atomic E-state index is 10.3. The number of hydrogen-bond donors (Lipinski definition) is 1. The summed E-state index contributed by atoms with van der Waals surface area (Å²) in [6.07, 6.45) is 21.2. The van der Waals surface area contributed by atoms with Gasteiger partial charge in [0.2, 0.25) is 0 Å². The van der Waals surface area contributed by atoms with E-state index in [-0.39, 0.29) is 70.3 Å². The Morgan fingerprint density at radius 2 is 1.24 bits per heavy atom. The summed E-state index contributed by atoms with van der Waals surface area (Å²) in [5.74, 6) is -0.664.